The van der Waals surface area contributed by atoms with Gasteiger partial charge in [0.25, 0.3) is 0 Å². The number of rotatable bonds is 6. The van der Waals surface area contributed by atoms with Gasteiger partial charge in [-0.2, -0.15) is 0 Å². The Balaban J connectivity index is 2.40. The lowest BCUT2D eigenvalue weighted by molar-refractivity contribution is -0.151. The van der Waals surface area contributed by atoms with E-state index < -0.39 is 0 Å². The van der Waals surface area contributed by atoms with Gasteiger partial charge < -0.3 is 9.64 Å². The molecule has 0 aromatic rings. The van der Waals surface area contributed by atoms with Crippen molar-refractivity contribution >= 4 is 23.6 Å². The van der Waals surface area contributed by atoms with Crippen LogP contribution in [0.1, 0.15) is 19.8 Å². The average molecular weight is 271 g/mol. The summed E-state index contributed by atoms with van der Waals surface area (Å²) in [6.07, 6.45) is 3.49. The first kappa shape index (κ1) is 15.1. The molecule has 18 heavy (non-hydrogen) atoms. The van der Waals surface area contributed by atoms with Crippen LogP contribution in [0.4, 0.5) is 0 Å². The van der Waals surface area contributed by atoms with Crippen molar-refractivity contribution in [1.82, 2.24) is 4.90 Å². The van der Waals surface area contributed by atoms with Crippen molar-refractivity contribution in [3.05, 3.63) is 12.7 Å². The third-order valence-electron chi connectivity index (χ3n) is 2.86. The summed E-state index contributed by atoms with van der Waals surface area (Å²) in [6, 6.07) is 0. The molecular weight excluding hydrogens is 250 g/mol. The average Bonchev–Trinajstić information content (AvgIpc) is 2.39. The van der Waals surface area contributed by atoms with Crippen LogP contribution in [0.25, 0.3) is 0 Å². The Hall–Kier alpha value is -0.970. The van der Waals surface area contributed by atoms with Crippen molar-refractivity contribution in [2.75, 3.05) is 31.2 Å². The van der Waals surface area contributed by atoms with Gasteiger partial charge in [-0.25, -0.2) is 0 Å². The number of likely N-dealkylation sites (tertiary alicyclic amines) is 1. The van der Waals surface area contributed by atoms with E-state index in [1.807, 2.05) is 0 Å². The van der Waals surface area contributed by atoms with Gasteiger partial charge in [0.15, 0.2) is 0 Å². The molecule has 0 spiro atoms. The fourth-order valence-corrected chi connectivity index (χ4v) is 2.62. The minimum Gasteiger partial charge on any atom is -0.466 e. The van der Waals surface area contributed by atoms with E-state index in [0.29, 0.717) is 18.9 Å². The van der Waals surface area contributed by atoms with Gasteiger partial charge in [-0.1, -0.05) is 6.08 Å². The SMILES string of the molecule is C=CCSCC(=O)N1CCCC(C(=O)OCC)C1. The largest absolute Gasteiger partial charge is 0.466 e. The number of ether oxygens (including phenoxy) is 1. The number of thioether (sulfide) groups is 1. The molecule has 0 saturated carbocycles. The van der Waals surface area contributed by atoms with Crippen LogP contribution in [-0.4, -0.2) is 48.0 Å². The number of piperidine rings is 1. The molecule has 4 nitrogen and oxygen atoms in total. The van der Waals surface area contributed by atoms with Crippen molar-refractivity contribution in [2.24, 2.45) is 5.92 Å². The molecular formula is C13H21NO3S. The Morgan fingerprint density at radius 3 is 3.00 bits per heavy atom. The van der Waals surface area contributed by atoms with Crippen molar-refractivity contribution in [3.8, 4) is 0 Å². The summed E-state index contributed by atoms with van der Waals surface area (Å²) < 4.78 is 5.01. The Morgan fingerprint density at radius 2 is 2.33 bits per heavy atom. The number of hydrogen-bond acceptors (Lipinski definition) is 4. The highest BCUT2D eigenvalue weighted by Crippen LogP contribution is 2.18. The van der Waals surface area contributed by atoms with Crippen LogP contribution in [0.2, 0.25) is 0 Å². The van der Waals surface area contributed by atoms with E-state index in [0.717, 1.165) is 25.1 Å². The van der Waals surface area contributed by atoms with E-state index in [1.165, 1.54) is 0 Å². The second-order valence-electron chi connectivity index (χ2n) is 4.23. The first-order valence-electron chi connectivity index (χ1n) is 6.32. The van der Waals surface area contributed by atoms with Gasteiger partial charge in [-0.15, -0.1) is 18.3 Å². The minimum absolute atomic E-state index is 0.107. The second-order valence-corrected chi connectivity index (χ2v) is 5.27. The van der Waals surface area contributed by atoms with Gasteiger partial charge >= 0.3 is 5.97 Å². The van der Waals surface area contributed by atoms with Crippen LogP contribution >= 0.6 is 11.8 Å². The summed E-state index contributed by atoms with van der Waals surface area (Å²) in [7, 11) is 0. The molecule has 1 aliphatic heterocycles. The van der Waals surface area contributed by atoms with E-state index in [-0.39, 0.29) is 17.8 Å². The summed E-state index contributed by atoms with van der Waals surface area (Å²) in [5, 5.41) is 0. The first-order valence-corrected chi connectivity index (χ1v) is 7.47. The fourth-order valence-electron chi connectivity index (χ4n) is 1.98. The first-order chi connectivity index (χ1) is 8.69. The number of amides is 1. The molecule has 1 heterocycles. The molecule has 0 aromatic carbocycles. The predicted octanol–water partition coefficient (Wildman–Crippen LogP) is 1.71. The van der Waals surface area contributed by atoms with Gasteiger partial charge in [-0.05, 0) is 19.8 Å². The van der Waals surface area contributed by atoms with Crippen LogP contribution in [0.15, 0.2) is 12.7 Å². The molecule has 1 amide bonds. The van der Waals surface area contributed by atoms with Crippen molar-refractivity contribution in [1.29, 1.82) is 0 Å². The standard InChI is InChI=1S/C13H21NO3S/c1-3-8-18-10-12(15)14-7-5-6-11(9-14)13(16)17-4-2/h3,11H,1,4-10H2,2H3. The molecule has 1 atom stereocenters. The maximum absolute atomic E-state index is 11.9. The molecule has 0 aromatic heterocycles. The van der Waals surface area contributed by atoms with Crippen molar-refractivity contribution < 1.29 is 14.3 Å². The zero-order valence-corrected chi connectivity index (χ0v) is 11.7. The molecule has 0 radical (unpaired) electrons. The van der Waals surface area contributed by atoms with Gasteiger partial charge in [0, 0.05) is 18.8 Å². The number of nitrogens with zero attached hydrogens (tertiary/aromatic N) is 1. The molecule has 0 bridgehead atoms. The fraction of sp³-hybridized carbons (Fsp3) is 0.692. The summed E-state index contributed by atoms with van der Waals surface area (Å²) in [5.74, 6) is 1.03. The van der Waals surface area contributed by atoms with Crippen LogP contribution < -0.4 is 0 Å². The Morgan fingerprint density at radius 1 is 1.56 bits per heavy atom. The lowest BCUT2D eigenvalue weighted by Gasteiger charge is -2.31. The summed E-state index contributed by atoms with van der Waals surface area (Å²) >= 11 is 1.55. The molecule has 1 fully saturated rings. The van der Waals surface area contributed by atoms with Crippen molar-refractivity contribution in [3.63, 3.8) is 0 Å². The summed E-state index contributed by atoms with van der Waals surface area (Å²) in [5.41, 5.74) is 0. The Kier molecular flexibility index (Phi) is 6.86. The quantitative estimate of drug-likeness (QED) is 0.419. The maximum Gasteiger partial charge on any atom is 0.310 e. The van der Waals surface area contributed by atoms with E-state index in [4.69, 9.17) is 4.74 Å². The predicted molar refractivity (Wildman–Crippen MR) is 73.5 cm³/mol. The lowest BCUT2D eigenvalue weighted by Crippen LogP contribution is -2.43. The zero-order valence-electron chi connectivity index (χ0n) is 10.9. The van der Waals surface area contributed by atoms with Crippen molar-refractivity contribution in [2.45, 2.75) is 19.8 Å². The van der Waals surface area contributed by atoms with Crippen LogP contribution in [0, 0.1) is 5.92 Å². The molecule has 0 aliphatic carbocycles. The molecule has 1 unspecified atom stereocenters. The van der Waals surface area contributed by atoms with Gasteiger partial charge in [0.1, 0.15) is 0 Å². The van der Waals surface area contributed by atoms with Crippen LogP contribution in [0.3, 0.4) is 0 Å². The molecule has 102 valence electrons. The topological polar surface area (TPSA) is 46.6 Å². The summed E-state index contributed by atoms with van der Waals surface area (Å²) in [6.45, 7) is 7.08. The zero-order chi connectivity index (χ0) is 13.4. The Labute approximate surface area is 113 Å². The van der Waals surface area contributed by atoms with Gasteiger partial charge in [0.2, 0.25) is 5.91 Å². The number of carbonyl (C=O) groups excluding carboxylic acids is 2. The lowest BCUT2D eigenvalue weighted by atomic mass is 9.98. The molecule has 5 heteroatoms. The van der Waals surface area contributed by atoms with Crippen LogP contribution in [0.5, 0.6) is 0 Å². The molecule has 1 rings (SSSR count). The molecule has 0 N–H and O–H groups in total. The number of hydrogen-bond donors (Lipinski definition) is 0. The van der Waals surface area contributed by atoms with E-state index in [9.17, 15) is 9.59 Å². The van der Waals surface area contributed by atoms with E-state index >= 15 is 0 Å². The Bertz CT molecular complexity index is 307. The highest BCUT2D eigenvalue weighted by Gasteiger charge is 2.28. The van der Waals surface area contributed by atoms with E-state index in [2.05, 4.69) is 6.58 Å². The monoisotopic (exact) mass is 271 g/mol. The van der Waals surface area contributed by atoms with E-state index in [1.54, 1.807) is 29.7 Å². The minimum atomic E-state index is -0.172. The summed E-state index contributed by atoms with van der Waals surface area (Å²) in [4.78, 5) is 25.3. The third-order valence-corrected chi connectivity index (χ3v) is 3.78. The van der Waals surface area contributed by atoms with Gasteiger partial charge in [-0.3, -0.25) is 9.59 Å². The van der Waals surface area contributed by atoms with Crippen LogP contribution in [-0.2, 0) is 14.3 Å². The normalized spacial score (nSPS) is 19.4. The highest BCUT2D eigenvalue weighted by atomic mass is 32.2. The number of carbonyl (C=O) groups is 2. The highest BCUT2D eigenvalue weighted by molar-refractivity contribution is 8.00. The van der Waals surface area contributed by atoms with Gasteiger partial charge in [0.05, 0.1) is 18.3 Å². The molecule has 1 aliphatic rings. The smallest absolute Gasteiger partial charge is 0.310 e. The number of esters is 1. The maximum atomic E-state index is 11.9. The third kappa shape index (κ3) is 4.72. The molecule has 1 saturated heterocycles. The second kappa shape index (κ2) is 8.19.